The number of rotatable bonds is 38. The van der Waals surface area contributed by atoms with Crippen molar-refractivity contribution in [3.63, 3.8) is 0 Å². The van der Waals surface area contributed by atoms with Crippen LogP contribution in [0.1, 0.15) is 55.4 Å². The Morgan fingerprint density at radius 3 is 0.451 bits per heavy atom. The Hall–Kier alpha value is 1.97. The van der Waals surface area contributed by atoms with Crippen LogP contribution >= 0.6 is 31.7 Å². The predicted molar refractivity (Wildman–Crippen MR) is 219 cm³/mol. The molecule has 0 aliphatic carbocycles. The summed E-state index contributed by atoms with van der Waals surface area (Å²) < 4.78 is 44.6. The third-order valence-corrected chi connectivity index (χ3v) is 18.2. The van der Waals surface area contributed by atoms with Gasteiger partial charge in [0.15, 0.2) is 0 Å². The van der Waals surface area contributed by atoms with Crippen LogP contribution in [0.2, 0.25) is 0 Å². The summed E-state index contributed by atoms with van der Waals surface area (Å²) in [6.45, 7) is 30.4. The van der Waals surface area contributed by atoms with E-state index in [0.29, 0.717) is 0 Å². The van der Waals surface area contributed by atoms with Gasteiger partial charge in [0.2, 0.25) is 0 Å². The second kappa shape index (κ2) is 54.1. The summed E-state index contributed by atoms with van der Waals surface area (Å²) in [6.07, 6.45) is 15.1. The monoisotopic (exact) mass is 896 g/mol. The molecular weight excluding hydrogens is 816 g/mol. The molecule has 51 heavy (non-hydrogen) atoms. The van der Waals surface area contributed by atoms with Crippen LogP contribution in [0.15, 0.2) is 0 Å². The Labute approximate surface area is 334 Å². The Balaban J connectivity index is -0.000000261. The zero-order chi connectivity index (χ0) is 35.8. The molecule has 0 rings (SSSR count). The van der Waals surface area contributed by atoms with Crippen LogP contribution in [-0.2, 0) is 69.0 Å². The van der Waals surface area contributed by atoms with Crippen molar-refractivity contribution in [1.82, 2.24) is 0 Å². The van der Waals surface area contributed by atoms with Crippen molar-refractivity contribution in [2.75, 3.05) is 180 Å². The summed E-state index contributed by atoms with van der Waals surface area (Å²) in [5.41, 5.74) is 0. The zero-order valence-electron chi connectivity index (χ0n) is 34.0. The topological polar surface area (TPSA) is 131 Å². The van der Waals surface area contributed by atoms with Gasteiger partial charge in [-0.2, -0.15) is 0 Å². The zero-order valence-corrected chi connectivity index (χ0v) is 39.5. The third-order valence-electron chi connectivity index (χ3n) is 7.51. The van der Waals surface area contributed by atoms with Crippen molar-refractivity contribution in [2.45, 2.75) is 55.4 Å². The molecule has 0 saturated carbocycles. The Morgan fingerprint density at radius 1 is 0.235 bits per heavy atom. The average molecular weight is 897 g/mol. The van der Waals surface area contributed by atoms with Crippen LogP contribution < -0.4 is 0 Å². The van der Waals surface area contributed by atoms with Gasteiger partial charge >= 0.3 is 20.1 Å². The molecule has 0 unspecified atom stereocenters. The standard InChI is InChI=1S/2C18H40O4P2.2O.Tc/c2*1-5-19-9-13-23(14-10-20-6-2)17-18-24(15-11-21-7-3)16-12-22-8-4;;;/h2*5-18H2,1-4H3;;;/q;;2*-2;+5/i;;;;1+2. The van der Waals surface area contributed by atoms with Crippen LogP contribution in [0.4, 0.5) is 0 Å². The van der Waals surface area contributed by atoms with Crippen molar-refractivity contribution in [3.05, 3.63) is 0 Å². The minimum atomic E-state index is 0. The average Bonchev–Trinajstić information content (AvgIpc) is 3.09. The molecule has 10 nitrogen and oxygen atoms in total. The number of hydrogen-bond donors (Lipinski definition) is 0. The van der Waals surface area contributed by atoms with Crippen LogP contribution in [0.25, 0.3) is 0 Å². The van der Waals surface area contributed by atoms with E-state index >= 15 is 0 Å². The molecule has 0 fully saturated rings. The van der Waals surface area contributed by atoms with E-state index in [1.807, 2.05) is 0 Å². The third kappa shape index (κ3) is 48.0. The quantitative estimate of drug-likeness (QED) is 0.0451. The molecule has 0 aromatic carbocycles. The van der Waals surface area contributed by atoms with Gasteiger partial charge in [-0.15, -0.1) is 31.7 Å². The van der Waals surface area contributed by atoms with Crippen molar-refractivity contribution in [2.24, 2.45) is 0 Å². The second-order valence-corrected chi connectivity index (χ2v) is 21.7. The van der Waals surface area contributed by atoms with E-state index in [0.717, 1.165) is 106 Å². The van der Waals surface area contributed by atoms with Gasteiger partial charge in [-0.1, -0.05) is 0 Å². The van der Waals surface area contributed by atoms with Crippen LogP contribution in [-0.4, -0.2) is 180 Å². The molecule has 0 N–H and O–H groups in total. The molecule has 0 aromatic heterocycles. The largest absolute Gasteiger partial charge is 5.00 e. The first-order valence-electron chi connectivity index (χ1n) is 19.1. The predicted octanol–water partition coefficient (Wildman–Crippen LogP) is 7.95. The molecule has 310 valence electrons. The molecular formula is C36H80O10P4Tc+. The maximum atomic E-state index is 5.58. The van der Waals surface area contributed by atoms with E-state index in [9.17, 15) is 0 Å². The Morgan fingerprint density at radius 2 is 0.353 bits per heavy atom. The van der Waals surface area contributed by atoms with E-state index < -0.39 is 0 Å². The van der Waals surface area contributed by atoms with Gasteiger partial charge < -0.3 is 48.8 Å². The maximum Gasteiger partial charge on any atom is 5.00 e. The van der Waals surface area contributed by atoms with Gasteiger partial charge in [-0.3, -0.25) is 0 Å². The molecule has 0 heterocycles. The summed E-state index contributed by atoms with van der Waals surface area (Å²) in [7, 11) is 0.124. The summed E-state index contributed by atoms with van der Waals surface area (Å²) in [6, 6.07) is 0. The van der Waals surface area contributed by atoms with E-state index in [1.54, 1.807) is 0 Å². The first kappa shape index (κ1) is 62.2. The summed E-state index contributed by atoms with van der Waals surface area (Å²) in [5.74, 6) is 0. The van der Waals surface area contributed by atoms with Gasteiger partial charge in [0.25, 0.3) is 0 Å². The second-order valence-electron chi connectivity index (χ2n) is 10.9. The normalized spacial score (nSPS) is 11.1. The Kier molecular flexibility index (Phi) is 65.9. The van der Waals surface area contributed by atoms with Gasteiger partial charge in [0.05, 0.1) is 52.9 Å². The molecule has 0 spiro atoms. The molecule has 0 aliphatic rings. The van der Waals surface area contributed by atoms with E-state index in [2.05, 4.69) is 55.4 Å². The van der Waals surface area contributed by atoms with E-state index in [-0.39, 0.29) is 62.7 Å². The van der Waals surface area contributed by atoms with Crippen LogP contribution in [0, 0.1) is 0 Å². The van der Waals surface area contributed by atoms with Crippen LogP contribution in [0.3, 0.4) is 0 Å². The van der Waals surface area contributed by atoms with Crippen molar-refractivity contribution < 1.29 is 69.0 Å². The molecule has 0 amide bonds. The fourth-order valence-corrected chi connectivity index (χ4v) is 14.9. The summed E-state index contributed by atoms with van der Waals surface area (Å²) >= 11 is 0. The van der Waals surface area contributed by atoms with E-state index in [1.165, 1.54) is 73.9 Å². The maximum absolute atomic E-state index is 5.58. The van der Waals surface area contributed by atoms with Crippen molar-refractivity contribution in [1.29, 1.82) is 0 Å². The molecule has 15 heteroatoms. The van der Waals surface area contributed by atoms with E-state index in [4.69, 9.17) is 37.9 Å². The minimum Gasteiger partial charge on any atom is -2.00 e. The molecule has 0 bridgehead atoms. The van der Waals surface area contributed by atoms with Crippen molar-refractivity contribution >= 4 is 31.7 Å². The van der Waals surface area contributed by atoms with Gasteiger partial charge in [-0.05, 0) is 129 Å². The molecule has 0 atom stereocenters. The molecule has 0 aliphatic heterocycles. The minimum absolute atomic E-state index is 0. The number of ether oxygens (including phenoxy) is 8. The fourth-order valence-electron chi connectivity index (χ4n) is 4.61. The summed E-state index contributed by atoms with van der Waals surface area (Å²) in [4.78, 5) is 0. The first-order chi connectivity index (χ1) is 23.6. The fraction of sp³-hybridized carbons (Fsp3) is 1.00. The van der Waals surface area contributed by atoms with Crippen LogP contribution in [0.5, 0.6) is 0 Å². The van der Waals surface area contributed by atoms with Crippen molar-refractivity contribution in [3.8, 4) is 0 Å². The van der Waals surface area contributed by atoms with Gasteiger partial charge in [0.1, 0.15) is 0 Å². The SMILES string of the molecule is CCOCCP(CCOCC)CCP(CCOCC)CCOCC.CCOCCP(CCOCC)CCP(CCOCC)CCOCC.[100Tc+5].[O-2].[O-2]. The molecule has 0 saturated heterocycles. The molecule has 0 radical (unpaired) electrons. The smallest absolute Gasteiger partial charge is 2.00 e. The van der Waals surface area contributed by atoms with Gasteiger partial charge in [0, 0.05) is 52.9 Å². The number of hydrogen-bond acceptors (Lipinski definition) is 8. The first-order valence-corrected chi connectivity index (χ1v) is 26.7. The van der Waals surface area contributed by atoms with Gasteiger partial charge in [-0.25, -0.2) is 0 Å². The summed E-state index contributed by atoms with van der Waals surface area (Å²) in [5, 5.41) is 0. The molecule has 0 aromatic rings. The Bertz CT molecular complexity index is 462.